The zero-order valence-corrected chi connectivity index (χ0v) is 9.22. The summed E-state index contributed by atoms with van der Waals surface area (Å²) in [7, 11) is 0. The predicted octanol–water partition coefficient (Wildman–Crippen LogP) is 3.40. The molecule has 0 unspecified atom stereocenters. The van der Waals surface area contributed by atoms with Gasteiger partial charge < -0.3 is 0 Å². The molecule has 64 valence electrons. The minimum absolute atomic E-state index is 0.378. The second-order valence-corrected chi connectivity index (χ2v) is 4.08. The Morgan fingerprint density at radius 1 is 1.27 bits per heavy atom. The Hall–Kier alpha value is -0.110. The normalized spacial score (nSPS) is 13.9. The van der Waals surface area contributed by atoms with Crippen molar-refractivity contribution in [3.63, 3.8) is 0 Å². The molecule has 0 atom stereocenters. The van der Waals surface area contributed by atoms with Crippen molar-refractivity contribution in [1.29, 1.82) is 0 Å². The first-order chi connectivity index (χ1) is 5.02. The van der Waals surface area contributed by atoms with Crippen molar-refractivity contribution in [1.82, 2.24) is 0 Å². The summed E-state index contributed by atoms with van der Waals surface area (Å²) in [6.45, 7) is 8.41. The Bertz CT molecular complexity index is 157. The molecule has 0 aliphatic carbocycles. The molecule has 2 heteroatoms. The quantitative estimate of drug-likeness (QED) is 0.644. The summed E-state index contributed by atoms with van der Waals surface area (Å²) in [5.74, 6) is 0.572. The van der Waals surface area contributed by atoms with E-state index in [9.17, 15) is 0 Å². The molecule has 0 saturated heterocycles. The van der Waals surface area contributed by atoms with Gasteiger partial charge in [0.15, 0.2) is 0 Å². The van der Waals surface area contributed by atoms with Crippen LogP contribution in [0.2, 0.25) is 0 Å². The summed E-state index contributed by atoms with van der Waals surface area (Å²) in [5, 5.41) is 0. The van der Waals surface area contributed by atoms with Crippen LogP contribution in [0.3, 0.4) is 0 Å². The fraction of sp³-hybridized carbons (Fsp3) is 0.667. The van der Waals surface area contributed by atoms with Crippen LogP contribution in [0.5, 0.6) is 0 Å². The summed E-state index contributed by atoms with van der Waals surface area (Å²) < 4.78 is 1.07. The number of aliphatic imine (C=N–C) groups is 1. The van der Waals surface area contributed by atoms with Crippen molar-refractivity contribution in [2.45, 2.75) is 33.7 Å². The highest BCUT2D eigenvalue weighted by Crippen LogP contribution is 2.06. The molecule has 0 heterocycles. The first-order valence-corrected chi connectivity index (χ1v) is 4.72. The van der Waals surface area contributed by atoms with Crippen molar-refractivity contribution < 1.29 is 0 Å². The van der Waals surface area contributed by atoms with Gasteiger partial charge in [0.25, 0.3) is 0 Å². The summed E-state index contributed by atoms with van der Waals surface area (Å²) in [6.07, 6.45) is 4.00. The van der Waals surface area contributed by atoms with Crippen LogP contribution in [0, 0.1) is 5.92 Å². The Morgan fingerprint density at radius 2 is 1.82 bits per heavy atom. The number of rotatable bonds is 3. The lowest BCUT2D eigenvalue weighted by Crippen LogP contribution is -1.89. The number of hydrogen-bond acceptors (Lipinski definition) is 1. The van der Waals surface area contributed by atoms with Crippen molar-refractivity contribution in [2.75, 3.05) is 0 Å². The van der Waals surface area contributed by atoms with Gasteiger partial charge in [0.2, 0.25) is 0 Å². The maximum atomic E-state index is 4.24. The van der Waals surface area contributed by atoms with Gasteiger partial charge in [0.05, 0.1) is 0 Å². The summed E-state index contributed by atoms with van der Waals surface area (Å²) in [6, 6.07) is 0.378. The van der Waals surface area contributed by atoms with Gasteiger partial charge in [0.1, 0.15) is 0 Å². The van der Waals surface area contributed by atoms with Crippen LogP contribution in [0.1, 0.15) is 27.7 Å². The molecule has 0 spiro atoms. The Balaban J connectivity index is 3.95. The molecule has 11 heavy (non-hydrogen) atoms. The predicted molar refractivity (Wildman–Crippen MR) is 55.5 cm³/mol. The standard InChI is InChI=1S/C9H16BrN/c1-7(2)5-9(10)6-11-8(3)4/h5-8H,1-4H3/b9-5+,11-6?. The molecule has 0 amide bonds. The Morgan fingerprint density at radius 3 is 2.18 bits per heavy atom. The highest BCUT2D eigenvalue weighted by atomic mass is 79.9. The third-order valence-electron chi connectivity index (χ3n) is 0.989. The van der Waals surface area contributed by atoms with Crippen LogP contribution in [-0.4, -0.2) is 12.3 Å². The van der Waals surface area contributed by atoms with E-state index in [2.05, 4.69) is 54.7 Å². The molecule has 0 aliphatic heterocycles. The molecule has 0 aliphatic rings. The minimum atomic E-state index is 0.378. The summed E-state index contributed by atoms with van der Waals surface area (Å²) in [5.41, 5.74) is 0. The monoisotopic (exact) mass is 217 g/mol. The van der Waals surface area contributed by atoms with Crippen LogP contribution < -0.4 is 0 Å². The first kappa shape index (κ1) is 10.9. The van der Waals surface area contributed by atoms with Crippen molar-refractivity contribution in [3.8, 4) is 0 Å². The maximum Gasteiger partial charge on any atom is 0.0443 e. The van der Waals surface area contributed by atoms with Gasteiger partial charge in [-0.3, -0.25) is 4.99 Å². The fourth-order valence-corrected chi connectivity index (χ4v) is 1.23. The van der Waals surface area contributed by atoms with Crippen molar-refractivity contribution in [3.05, 3.63) is 10.6 Å². The van der Waals surface area contributed by atoms with Gasteiger partial charge in [-0.1, -0.05) is 19.9 Å². The van der Waals surface area contributed by atoms with Gasteiger partial charge in [-0.2, -0.15) is 0 Å². The summed E-state index contributed by atoms with van der Waals surface area (Å²) >= 11 is 3.42. The fourth-order valence-electron chi connectivity index (χ4n) is 0.582. The van der Waals surface area contributed by atoms with E-state index in [0.717, 1.165) is 4.48 Å². The molecule has 0 aromatic rings. The van der Waals surface area contributed by atoms with E-state index in [4.69, 9.17) is 0 Å². The van der Waals surface area contributed by atoms with E-state index >= 15 is 0 Å². The van der Waals surface area contributed by atoms with Crippen LogP contribution in [-0.2, 0) is 0 Å². The lowest BCUT2D eigenvalue weighted by molar-refractivity contribution is 0.828. The third kappa shape index (κ3) is 7.79. The number of nitrogens with zero attached hydrogens (tertiary/aromatic N) is 1. The van der Waals surface area contributed by atoms with Crippen LogP contribution in [0.25, 0.3) is 0 Å². The maximum absolute atomic E-state index is 4.24. The number of allylic oxidation sites excluding steroid dienone is 2. The number of hydrogen-bond donors (Lipinski definition) is 0. The first-order valence-electron chi connectivity index (χ1n) is 3.93. The molecule has 0 fully saturated rings. The zero-order chi connectivity index (χ0) is 8.85. The molecule has 0 N–H and O–H groups in total. The van der Waals surface area contributed by atoms with Gasteiger partial charge in [0, 0.05) is 16.7 Å². The van der Waals surface area contributed by atoms with E-state index in [1.54, 1.807) is 0 Å². The summed E-state index contributed by atoms with van der Waals surface area (Å²) in [4.78, 5) is 4.24. The van der Waals surface area contributed by atoms with Gasteiger partial charge in [-0.15, -0.1) is 0 Å². The SMILES string of the molecule is CC(C)/C=C(/Br)C=NC(C)C. The van der Waals surface area contributed by atoms with Crippen molar-refractivity contribution >= 4 is 22.1 Å². The molecule has 0 radical (unpaired) electrons. The minimum Gasteiger partial charge on any atom is -0.289 e. The van der Waals surface area contributed by atoms with E-state index in [-0.39, 0.29) is 0 Å². The smallest absolute Gasteiger partial charge is 0.0443 e. The van der Waals surface area contributed by atoms with Crippen LogP contribution in [0.4, 0.5) is 0 Å². The van der Waals surface area contributed by atoms with Crippen LogP contribution >= 0.6 is 15.9 Å². The largest absolute Gasteiger partial charge is 0.289 e. The molecule has 0 bridgehead atoms. The zero-order valence-electron chi connectivity index (χ0n) is 7.63. The average molecular weight is 218 g/mol. The van der Waals surface area contributed by atoms with Gasteiger partial charge in [-0.25, -0.2) is 0 Å². The molecule has 0 aromatic heterocycles. The second-order valence-electron chi connectivity index (χ2n) is 3.17. The van der Waals surface area contributed by atoms with Crippen molar-refractivity contribution in [2.24, 2.45) is 10.9 Å². The molecule has 0 rings (SSSR count). The van der Waals surface area contributed by atoms with E-state index in [0.29, 0.717) is 12.0 Å². The molecular weight excluding hydrogens is 202 g/mol. The third-order valence-corrected chi connectivity index (χ3v) is 1.46. The average Bonchev–Trinajstić information content (AvgIpc) is 1.82. The lowest BCUT2D eigenvalue weighted by Gasteiger charge is -1.96. The lowest BCUT2D eigenvalue weighted by atomic mass is 10.2. The Kier molecular flexibility index (Phi) is 5.47. The van der Waals surface area contributed by atoms with E-state index < -0.39 is 0 Å². The molecular formula is C9H16BrN. The highest BCUT2D eigenvalue weighted by Gasteiger charge is 1.90. The molecule has 0 aromatic carbocycles. The van der Waals surface area contributed by atoms with Gasteiger partial charge >= 0.3 is 0 Å². The number of halogens is 1. The Labute approximate surface area is 77.7 Å². The topological polar surface area (TPSA) is 12.4 Å². The molecule has 1 nitrogen and oxygen atoms in total. The van der Waals surface area contributed by atoms with Crippen LogP contribution in [0.15, 0.2) is 15.6 Å². The van der Waals surface area contributed by atoms with E-state index in [1.165, 1.54) is 0 Å². The van der Waals surface area contributed by atoms with E-state index in [1.807, 2.05) is 6.21 Å². The van der Waals surface area contributed by atoms with Gasteiger partial charge in [-0.05, 0) is 35.7 Å². The highest BCUT2D eigenvalue weighted by molar-refractivity contribution is 9.12. The second kappa shape index (κ2) is 5.53. The molecule has 0 saturated carbocycles.